The van der Waals surface area contributed by atoms with Gasteiger partial charge in [-0.3, -0.25) is 9.69 Å². The summed E-state index contributed by atoms with van der Waals surface area (Å²) in [6.45, 7) is 1.80. The second kappa shape index (κ2) is 8.30. The second-order valence-corrected chi connectivity index (χ2v) is 8.93. The maximum absolute atomic E-state index is 13.8. The molecule has 1 aliphatic heterocycles. The molecular weight excluding hydrogens is 422 g/mol. The van der Waals surface area contributed by atoms with Crippen molar-refractivity contribution in [3.63, 3.8) is 0 Å². The van der Waals surface area contributed by atoms with Crippen LogP contribution in [0.15, 0.2) is 12.1 Å². The van der Waals surface area contributed by atoms with Gasteiger partial charge in [-0.2, -0.15) is 26.3 Å². The van der Waals surface area contributed by atoms with Crippen LogP contribution in [0.5, 0.6) is 0 Å². The third-order valence-corrected chi connectivity index (χ3v) is 6.70. The van der Waals surface area contributed by atoms with Crippen LogP contribution in [-0.4, -0.2) is 36.0 Å². The van der Waals surface area contributed by atoms with Crippen molar-refractivity contribution in [2.24, 2.45) is 0 Å². The quantitative estimate of drug-likeness (QED) is 0.596. The van der Waals surface area contributed by atoms with Crippen molar-refractivity contribution in [1.29, 1.82) is 0 Å². The average Bonchev–Trinajstić information content (AvgIpc) is 3.40. The molecule has 1 aromatic carbocycles. The Kier molecular flexibility index (Phi) is 6.00. The molecule has 31 heavy (non-hydrogen) atoms. The molecule has 1 heterocycles. The molecule has 2 saturated carbocycles. The van der Waals surface area contributed by atoms with E-state index in [0.29, 0.717) is 19.3 Å². The Labute approximate surface area is 177 Å². The zero-order chi connectivity index (χ0) is 22.4. The number of carbonyl (C=O) groups is 1. The Morgan fingerprint density at radius 1 is 0.871 bits per heavy atom. The molecule has 0 spiro atoms. The van der Waals surface area contributed by atoms with Gasteiger partial charge in [0, 0.05) is 12.1 Å². The fourth-order valence-corrected chi connectivity index (χ4v) is 5.05. The summed E-state index contributed by atoms with van der Waals surface area (Å²) in [5.74, 6) is -1.34. The molecule has 9 heteroatoms. The monoisotopic (exact) mass is 448 g/mol. The smallest absolute Gasteiger partial charge is 0.348 e. The number of hydrogen-bond donors (Lipinski definition) is 1. The first kappa shape index (κ1) is 22.4. The van der Waals surface area contributed by atoms with Crippen molar-refractivity contribution in [2.75, 3.05) is 13.1 Å². The molecule has 1 amide bonds. The van der Waals surface area contributed by atoms with Crippen molar-refractivity contribution in [3.8, 4) is 0 Å². The van der Waals surface area contributed by atoms with E-state index in [4.69, 9.17) is 0 Å². The van der Waals surface area contributed by atoms with E-state index in [1.54, 1.807) is 0 Å². The van der Waals surface area contributed by atoms with Crippen LogP contribution in [-0.2, 0) is 12.4 Å². The first-order valence-corrected chi connectivity index (χ1v) is 10.9. The summed E-state index contributed by atoms with van der Waals surface area (Å²) in [6.07, 6.45) is -3.51. The molecule has 3 nitrogen and oxygen atoms in total. The van der Waals surface area contributed by atoms with Crippen LogP contribution in [0.2, 0.25) is 0 Å². The first-order valence-electron chi connectivity index (χ1n) is 10.9. The number of benzene rings is 1. The van der Waals surface area contributed by atoms with E-state index in [2.05, 4.69) is 10.2 Å². The SMILES string of the molecule is O=C(NC1CCCCC1N1CCCC1)c1c(C2CC2)cc(C(F)(F)F)cc1C(F)(F)F. The Hall–Kier alpha value is -1.77. The molecule has 2 aliphatic carbocycles. The van der Waals surface area contributed by atoms with Gasteiger partial charge in [-0.15, -0.1) is 0 Å². The van der Waals surface area contributed by atoms with E-state index >= 15 is 0 Å². The minimum absolute atomic E-state index is 0.0633. The minimum Gasteiger partial charge on any atom is -0.348 e. The van der Waals surface area contributed by atoms with Gasteiger partial charge in [-0.1, -0.05) is 12.8 Å². The van der Waals surface area contributed by atoms with Crippen LogP contribution in [0.4, 0.5) is 26.3 Å². The zero-order valence-electron chi connectivity index (χ0n) is 17.1. The zero-order valence-corrected chi connectivity index (χ0v) is 17.1. The first-order chi connectivity index (χ1) is 14.6. The van der Waals surface area contributed by atoms with Crippen molar-refractivity contribution < 1.29 is 31.1 Å². The molecule has 0 radical (unpaired) electrons. The van der Waals surface area contributed by atoms with Crippen molar-refractivity contribution in [1.82, 2.24) is 10.2 Å². The molecule has 1 aromatic rings. The molecule has 2 atom stereocenters. The minimum atomic E-state index is -5.06. The third kappa shape index (κ3) is 4.86. The maximum atomic E-state index is 13.8. The fourth-order valence-electron chi connectivity index (χ4n) is 5.05. The predicted molar refractivity (Wildman–Crippen MR) is 103 cm³/mol. The van der Waals surface area contributed by atoms with Gasteiger partial charge in [0.05, 0.1) is 16.7 Å². The van der Waals surface area contributed by atoms with Crippen LogP contribution in [0.3, 0.4) is 0 Å². The highest BCUT2D eigenvalue weighted by Crippen LogP contribution is 2.47. The summed E-state index contributed by atoms with van der Waals surface area (Å²) in [5, 5.41) is 2.79. The molecule has 4 rings (SSSR count). The Bertz CT molecular complexity index is 825. The second-order valence-electron chi connectivity index (χ2n) is 8.93. The number of halogens is 6. The van der Waals surface area contributed by atoms with Gasteiger partial charge in [0.1, 0.15) is 0 Å². The lowest BCUT2D eigenvalue weighted by molar-refractivity contribution is -0.143. The van der Waals surface area contributed by atoms with Crippen molar-refractivity contribution in [2.45, 2.75) is 81.7 Å². The number of rotatable bonds is 4. The van der Waals surface area contributed by atoms with Gasteiger partial charge >= 0.3 is 12.4 Å². The Morgan fingerprint density at radius 2 is 1.52 bits per heavy atom. The number of carbonyl (C=O) groups excluding carboxylic acids is 1. The lowest BCUT2D eigenvalue weighted by Crippen LogP contribution is -2.52. The summed E-state index contributed by atoms with van der Waals surface area (Å²) in [4.78, 5) is 15.4. The van der Waals surface area contributed by atoms with E-state index in [1.807, 2.05) is 0 Å². The molecule has 3 fully saturated rings. The normalized spacial score (nSPS) is 25.6. The number of amides is 1. The summed E-state index contributed by atoms with van der Waals surface area (Å²) < 4.78 is 81.2. The summed E-state index contributed by atoms with van der Waals surface area (Å²) in [6, 6.07) is 0.586. The van der Waals surface area contributed by atoms with Gasteiger partial charge in [-0.05, 0) is 75.2 Å². The standard InChI is InChI=1S/C22H26F6N2O/c23-21(24,25)14-11-15(13-7-8-13)19(16(12-14)22(26,27)28)20(31)29-17-5-1-2-6-18(17)30-9-3-4-10-30/h11-13,17-18H,1-10H2,(H,29,31). The number of nitrogens with zero attached hydrogens (tertiary/aromatic N) is 1. The topological polar surface area (TPSA) is 32.3 Å². The molecule has 0 aromatic heterocycles. The van der Waals surface area contributed by atoms with Crippen LogP contribution < -0.4 is 5.32 Å². The lowest BCUT2D eigenvalue weighted by Gasteiger charge is -2.38. The summed E-state index contributed by atoms with van der Waals surface area (Å²) in [5.41, 5.74) is -3.61. The van der Waals surface area contributed by atoms with Crippen LogP contribution in [0.25, 0.3) is 0 Å². The molecule has 3 aliphatic rings. The number of nitrogens with one attached hydrogen (secondary N) is 1. The summed E-state index contributed by atoms with van der Waals surface area (Å²) in [7, 11) is 0. The van der Waals surface area contributed by atoms with Gasteiger partial charge < -0.3 is 5.32 Å². The van der Waals surface area contributed by atoms with Gasteiger partial charge in [-0.25, -0.2) is 0 Å². The Balaban J connectivity index is 1.69. The Morgan fingerprint density at radius 3 is 2.10 bits per heavy atom. The van der Waals surface area contributed by atoms with Crippen LogP contribution in [0, 0.1) is 0 Å². The molecule has 172 valence electrons. The van der Waals surface area contributed by atoms with E-state index in [9.17, 15) is 31.1 Å². The third-order valence-electron chi connectivity index (χ3n) is 6.70. The summed E-state index contributed by atoms with van der Waals surface area (Å²) >= 11 is 0. The largest absolute Gasteiger partial charge is 0.417 e. The molecule has 2 unspecified atom stereocenters. The number of hydrogen-bond acceptors (Lipinski definition) is 2. The van der Waals surface area contributed by atoms with Crippen molar-refractivity contribution >= 4 is 5.91 Å². The molecule has 0 bridgehead atoms. The highest BCUT2D eigenvalue weighted by atomic mass is 19.4. The fraction of sp³-hybridized carbons (Fsp3) is 0.682. The van der Waals surface area contributed by atoms with E-state index in [0.717, 1.165) is 51.3 Å². The predicted octanol–water partition coefficient (Wildman–Crippen LogP) is 5.74. The van der Waals surface area contributed by atoms with E-state index < -0.39 is 40.9 Å². The van der Waals surface area contributed by atoms with E-state index in [-0.39, 0.29) is 23.7 Å². The van der Waals surface area contributed by atoms with Gasteiger partial charge in [0.15, 0.2) is 0 Å². The number of likely N-dealkylation sites (tertiary alicyclic amines) is 1. The van der Waals surface area contributed by atoms with Crippen LogP contribution in [0.1, 0.15) is 84.3 Å². The van der Waals surface area contributed by atoms with Crippen LogP contribution >= 0.6 is 0 Å². The van der Waals surface area contributed by atoms with Gasteiger partial charge in [0.25, 0.3) is 5.91 Å². The highest BCUT2D eigenvalue weighted by molar-refractivity contribution is 5.98. The van der Waals surface area contributed by atoms with E-state index in [1.165, 1.54) is 0 Å². The maximum Gasteiger partial charge on any atom is 0.417 e. The molecular formula is C22H26F6N2O. The molecule has 1 saturated heterocycles. The lowest BCUT2D eigenvalue weighted by atomic mass is 9.88. The average molecular weight is 448 g/mol. The molecule has 1 N–H and O–H groups in total. The number of alkyl halides is 6. The highest BCUT2D eigenvalue weighted by Gasteiger charge is 2.44. The van der Waals surface area contributed by atoms with Gasteiger partial charge in [0.2, 0.25) is 0 Å². The van der Waals surface area contributed by atoms with Crippen molar-refractivity contribution in [3.05, 3.63) is 34.4 Å².